The Morgan fingerprint density at radius 2 is 1.61 bits per heavy atom. The van der Waals surface area contributed by atoms with Crippen LogP contribution in [0.25, 0.3) is 11.1 Å². The van der Waals surface area contributed by atoms with Crippen molar-refractivity contribution in [2.75, 3.05) is 25.0 Å². The van der Waals surface area contributed by atoms with E-state index in [-0.39, 0.29) is 11.3 Å². The minimum Gasteiger partial charge on any atom is -0.492 e. The van der Waals surface area contributed by atoms with Gasteiger partial charge in [-0.1, -0.05) is 24.3 Å². The number of hydrogen-bond acceptors (Lipinski definition) is 3. The number of hydrogen-bond donors (Lipinski definition) is 1. The Hall–Kier alpha value is -2.38. The average molecular weight is 552 g/mol. The van der Waals surface area contributed by atoms with Crippen LogP contribution in [0.3, 0.4) is 0 Å². The van der Waals surface area contributed by atoms with Gasteiger partial charge in [-0.25, -0.2) is 0 Å². The Labute approximate surface area is 209 Å². The molecule has 4 nitrogen and oxygen atoms in total. The highest BCUT2D eigenvalue weighted by molar-refractivity contribution is 14.1. The topological polar surface area (TPSA) is 41.6 Å². The van der Waals surface area contributed by atoms with Gasteiger partial charge in [-0.2, -0.15) is 0 Å². The van der Waals surface area contributed by atoms with Crippen molar-refractivity contribution in [1.29, 1.82) is 0 Å². The lowest BCUT2D eigenvalue weighted by Crippen LogP contribution is -2.46. The summed E-state index contributed by atoms with van der Waals surface area (Å²) in [6.07, 6.45) is 2.19. The van der Waals surface area contributed by atoms with Crippen LogP contribution in [0.1, 0.15) is 42.6 Å². The molecule has 0 unspecified atom stereocenters. The molecule has 2 heterocycles. The van der Waals surface area contributed by atoms with Gasteiger partial charge in [0.05, 0.1) is 6.61 Å². The van der Waals surface area contributed by atoms with Crippen molar-refractivity contribution in [2.45, 2.75) is 38.1 Å². The molecule has 1 fully saturated rings. The molecule has 0 bridgehead atoms. The van der Waals surface area contributed by atoms with Crippen LogP contribution in [0, 0.1) is 3.57 Å². The zero-order valence-electron chi connectivity index (χ0n) is 19.1. The first-order valence-corrected chi connectivity index (χ1v) is 12.7. The van der Waals surface area contributed by atoms with Crippen LogP contribution in [0.15, 0.2) is 66.7 Å². The number of halogens is 1. The Morgan fingerprint density at radius 3 is 2.24 bits per heavy atom. The van der Waals surface area contributed by atoms with E-state index in [4.69, 9.17) is 4.74 Å². The predicted molar refractivity (Wildman–Crippen MR) is 142 cm³/mol. The molecule has 3 aromatic rings. The third kappa shape index (κ3) is 4.53. The molecule has 170 valence electrons. The largest absolute Gasteiger partial charge is 0.492 e. The maximum Gasteiger partial charge on any atom is 0.255 e. The fourth-order valence-electron chi connectivity index (χ4n) is 4.98. The molecular formula is C28H29IN2O2. The standard InChI is InChI=1S/C28H29IN2O2/c1-19(2)31-15-13-28(14-16-31)18-33-26-12-11-24(17-25(26)28)30-27(32)22-5-3-20(4-6-22)21-7-9-23(29)10-8-21/h3-12,17,19H,13-16,18H2,1-2H3,(H,30,32). The third-order valence-corrected chi connectivity index (χ3v) is 7.84. The van der Waals surface area contributed by atoms with Gasteiger partial charge in [0.2, 0.25) is 0 Å². The first-order chi connectivity index (χ1) is 15.9. The Kier molecular flexibility index (Phi) is 6.18. The van der Waals surface area contributed by atoms with Gasteiger partial charge in [0.25, 0.3) is 5.91 Å². The molecule has 0 aromatic heterocycles. The van der Waals surface area contributed by atoms with E-state index in [2.05, 4.69) is 77.0 Å². The number of fused-ring (bicyclic) bond motifs is 2. The smallest absolute Gasteiger partial charge is 0.255 e. The normalized spacial score (nSPS) is 17.1. The number of nitrogens with zero attached hydrogens (tertiary/aromatic N) is 1. The fourth-order valence-corrected chi connectivity index (χ4v) is 5.34. The maximum atomic E-state index is 12.9. The summed E-state index contributed by atoms with van der Waals surface area (Å²) < 4.78 is 7.27. The number of nitrogens with one attached hydrogen (secondary N) is 1. The first-order valence-electron chi connectivity index (χ1n) is 11.6. The van der Waals surface area contributed by atoms with E-state index < -0.39 is 0 Å². The quantitative estimate of drug-likeness (QED) is 0.384. The van der Waals surface area contributed by atoms with Crippen LogP contribution in [0.2, 0.25) is 0 Å². The van der Waals surface area contributed by atoms with Crippen LogP contribution >= 0.6 is 22.6 Å². The van der Waals surface area contributed by atoms with Crippen LogP contribution in [-0.4, -0.2) is 36.5 Å². The van der Waals surface area contributed by atoms with Crippen molar-refractivity contribution in [2.24, 2.45) is 0 Å². The van der Waals surface area contributed by atoms with Crippen molar-refractivity contribution >= 4 is 34.2 Å². The molecule has 33 heavy (non-hydrogen) atoms. The van der Waals surface area contributed by atoms with Crippen molar-refractivity contribution in [3.8, 4) is 16.9 Å². The minimum absolute atomic E-state index is 0.0661. The Morgan fingerprint density at radius 1 is 0.970 bits per heavy atom. The SMILES string of the molecule is CC(C)N1CCC2(CC1)COc1ccc(NC(=O)c3ccc(-c4ccc(I)cc4)cc3)cc12. The zero-order valence-corrected chi connectivity index (χ0v) is 21.3. The van der Waals surface area contributed by atoms with E-state index in [1.165, 1.54) is 9.13 Å². The fraction of sp³-hybridized carbons (Fsp3) is 0.321. The number of amides is 1. The van der Waals surface area contributed by atoms with E-state index >= 15 is 0 Å². The van der Waals surface area contributed by atoms with Crippen molar-refractivity contribution in [1.82, 2.24) is 4.90 Å². The molecule has 1 spiro atoms. The third-order valence-electron chi connectivity index (χ3n) is 7.12. The molecule has 0 aliphatic carbocycles. The lowest BCUT2D eigenvalue weighted by Gasteiger charge is -2.40. The van der Waals surface area contributed by atoms with E-state index in [0.717, 1.165) is 55.1 Å². The number of carbonyl (C=O) groups is 1. The number of piperidine rings is 1. The summed E-state index contributed by atoms with van der Waals surface area (Å²) in [5, 5.41) is 3.10. The van der Waals surface area contributed by atoms with E-state index in [0.29, 0.717) is 11.6 Å². The Bertz CT molecular complexity index is 1150. The van der Waals surface area contributed by atoms with Crippen LogP contribution in [0.4, 0.5) is 5.69 Å². The highest BCUT2D eigenvalue weighted by Crippen LogP contribution is 2.46. The van der Waals surface area contributed by atoms with Gasteiger partial charge >= 0.3 is 0 Å². The molecular weight excluding hydrogens is 523 g/mol. The Balaban J connectivity index is 1.30. The molecule has 1 N–H and O–H groups in total. The molecule has 0 radical (unpaired) electrons. The summed E-state index contributed by atoms with van der Waals surface area (Å²) in [6.45, 7) is 7.44. The molecule has 0 saturated carbocycles. The number of benzene rings is 3. The highest BCUT2D eigenvalue weighted by Gasteiger charge is 2.43. The van der Waals surface area contributed by atoms with Gasteiger partial charge in [0.1, 0.15) is 5.75 Å². The average Bonchev–Trinajstić information content (AvgIpc) is 3.17. The zero-order chi connectivity index (χ0) is 23.0. The van der Waals surface area contributed by atoms with Crippen LogP contribution in [0.5, 0.6) is 5.75 Å². The molecule has 1 amide bonds. The van der Waals surface area contributed by atoms with Crippen LogP contribution in [-0.2, 0) is 5.41 Å². The maximum absolute atomic E-state index is 12.9. The van der Waals surface area contributed by atoms with Crippen molar-refractivity contribution in [3.63, 3.8) is 0 Å². The van der Waals surface area contributed by atoms with Gasteiger partial charge < -0.3 is 15.0 Å². The molecule has 0 atom stereocenters. The van der Waals surface area contributed by atoms with Gasteiger partial charge in [-0.05, 0) is 116 Å². The molecule has 5 rings (SSSR count). The summed E-state index contributed by atoms with van der Waals surface area (Å²) in [6, 6.07) is 22.8. The van der Waals surface area contributed by atoms with Gasteiger partial charge in [-0.15, -0.1) is 0 Å². The number of carbonyl (C=O) groups excluding carboxylic acids is 1. The summed E-state index contributed by atoms with van der Waals surface area (Å²) in [5.74, 6) is 0.875. The van der Waals surface area contributed by atoms with Crippen LogP contribution < -0.4 is 10.1 Å². The van der Waals surface area contributed by atoms with Crippen molar-refractivity contribution in [3.05, 3.63) is 81.4 Å². The number of anilines is 1. The monoisotopic (exact) mass is 552 g/mol. The lowest BCUT2D eigenvalue weighted by atomic mass is 9.74. The summed E-state index contributed by atoms with van der Waals surface area (Å²) in [4.78, 5) is 15.5. The second-order valence-corrected chi connectivity index (χ2v) is 10.7. The molecule has 3 aromatic carbocycles. The molecule has 2 aliphatic rings. The summed E-state index contributed by atoms with van der Waals surface area (Å²) in [5.41, 5.74) is 5.05. The van der Waals surface area contributed by atoms with Gasteiger partial charge in [-0.3, -0.25) is 4.79 Å². The van der Waals surface area contributed by atoms with Gasteiger partial charge in [0.15, 0.2) is 0 Å². The summed E-state index contributed by atoms with van der Waals surface area (Å²) in [7, 11) is 0. The number of rotatable bonds is 4. The highest BCUT2D eigenvalue weighted by atomic mass is 127. The van der Waals surface area contributed by atoms with E-state index in [1.807, 2.05) is 36.4 Å². The minimum atomic E-state index is -0.0910. The molecule has 1 saturated heterocycles. The number of ether oxygens (including phenoxy) is 1. The number of likely N-dealkylation sites (tertiary alicyclic amines) is 1. The molecule has 5 heteroatoms. The van der Waals surface area contributed by atoms with E-state index in [1.54, 1.807) is 0 Å². The van der Waals surface area contributed by atoms with Gasteiger partial charge in [0, 0.05) is 31.8 Å². The lowest BCUT2D eigenvalue weighted by molar-refractivity contribution is 0.102. The predicted octanol–water partition coefficient (Wildman–Crippen LogP) is 6.34. The second-order valence-electron chi connectivity index (χ2n) is 9.45. The first kappa shape index (κ1) is 22.4. The van der Waals surface area contributed by atoms with Crippen molar-refractivity contribution < 1.29 is 9.53 Å². The molecule has 2 aliphatic heterocycles. The van der Waals surface area contributed by atoms with E-state index in [9.17, 15) is 4.79 Å². The second kappa shape index (κ2) is 9.11. The summed E-state index contributed by atoms with van der Waals surface area (Å²) >= 11 is 2.30.